The molecule has 0 aliphatic carbocycles. The summed E-state index contributed by atoms with van der Waals surface area (Å²) in [5.41, 5.74) is 0. The van der Waals surface area contributed by atoms with Gasteiger partial charge in [0.05, 0.1) is 0 Å². The highest BCUT2D eigenvalue weighted by molar-refractivity contribution is 14.0. The predicted octanol–water partition coefficient (Wildman–Crippen LogP) is 2.45. The van der Waals surface area contributed by atoms with Gasteiger partial charge in [0, 0.05) is 32.7 Å². The van der Waals surface area contributed by atoms with Crippen LogP contribution in [0.25, 0.3) is 0 Å². The third-order valence-electron chi connectivity index (χ3n) is 5.70. The van der Waals surface area contributed by atoms with Gasteiger partial charge >= 0.3 is 0 Å². The lowest BCUT2D eigenvalue weighted by Crippen LogP contribution is -2.39. The summed E-state index contributed by atoms with van der Waals surface area (Å²) in [6.07, 6.45) is 9.22. The largest absolute Gasteiger partial charge is 0.357 e. The normalized spacial score (nSPS) is 20.9. The number of rotatable bonds is 9. The molecule has 2 heterocycles. The van der Waals surface area contributed by atoms with E-state index in [1.165, 1.54) is 90.9 Å². The Bertz CT molecular complexity index is 398. The van der Waals surface area contributed by atoms with Crippen LogP contribution in [0.2, 0.25) is 0 Å². The molecule has 0 amide bonds. The van der Waals surface area contributed by atoms with Gasteiger partial charge in [0.15, 0.2) is 5.96 Å². The summed E-state index contributed by atoms with van der Waals surface area (Å²) in [6, 6.07) is 0. The van der Waals surface area contributed by atoms with Crippen molar-refractivity contribution >= 4 is 29.9 Å². The van der Waals surface area contributed by atoms with Gasteiger partial charge in [-0.15, -0.1) is 24.0 Å². The molecule has 0 radical (unpaired) electrons. The van der Waals surface area contributed by atoms with Crippen LogP contribution in [0.3, 0.4) is 0 Å². The standard InChI is InChI=1S/C21H44N6.HI/c1-3-22-21(23-11-8-16-26-14-6-4-5-7-15-26)24-12-9-17-27-18-10-13-25(2)19-20-27;/h3-20H2,1-2H3,(H2,22,23,24);1H. The molecule has 0 unspecified atom stereocenters. The number of hydrogen-bond acceptors (Lipinski definition) is 4. The van der Waals surface area contributed by atoms with Gasteiger partial charge in [0.1, 0.15) is 0 Å². The maximum absolute atomic E-state index is 4.78. The van der Waals surface area contributed by atoms with E-state index in [9.17, 15) is 0 Å². The number of nitrogens with one attached hydrogen (secondary N) is 2. The molecule has 0 atom stereocenters. The molecule has 0 bridgehead atoms. The molecular weight excluding hydrogens is 463 g/mol. The van der Waals surface area contributed by atoms with E-state index < -0.39 is 0 Å². The molecule has 0 aromatic heterocycles. The Morgan fingerprint density at radius 1 is 0.786 bits per heavy atom. The summed E-state index contributed by atoms with van der Waals surface area (Å²) >= 11 is 0. The first-order chi connectivity index (χ1) is 13.3. The van der Waals surface area contributed by atoms with Gasteiger partial charge in [0.2, 0.25) is 0 Å². The highest BCUT2D eigenvalue weighted by Crippen LogP contribution is 2.09. The van der Waals surface area contributed by atoms with Crippen LogP contribution < -0.4 is 10.6 Å². The third kappa shape index (κ3) is 11.8. The van der Waals surface area contributed by atoms with Gasteiger partial charge in [-0.2, -0.15) is 0 Å². The fourth-order valence-electron chi connectivity index (χ4n) is 4.02. The van der Waals surface area contributed by atoms with Gasteiger partial charge in [-0.3, -0.25) is 4.99 Å². The molecule has 2 aliphatic rings. The van der Waals surface area contributed by atoms with Crippen molar-refractivity contribution in [2.45, 2.75) is 51.9 Å². The van der Waals surface area contributed by atoms with Crippen LogP contribution in [0.1, 0.15) is 51.9 Å². The average Bonchev–Trinajstić information content (AvgIpc) is 3.05. The fraction of sp³-hybridized carbons (Fsp3) is 0.952. The first kappa shape index (κ1) is 25.9. The lowest BCUT2D eigenvalue weighted by Gasteiger charge is -2.20. The minimum absolute atomic E-state index is 0. The van der Waals surface area contributed by atoms with E-state index >= 15 is 0 Å². The predicted molar refractivity (Wildman–Crippen MR) is 132 cm³/mol. The number of hydrogen-bond donors (Lipinski definition) is 2. The smallest absolute Gasteiger partial charge is 0.191 e. The molecule has 2 aliphatic heterocycles. The molecule has 0 spiro atoms. The maximum Gasteiger partial charge on any atom is 0.191 e. The quantitative estimate of drug-likeness (QED) is 0.217. The zero-order valence-electron chi connectivity index (χ0n) is 18.4. The van der Waals surface area contributed by atoms with E-state index in [4.69, 9.17) is 4.99 Å². The second kappa shape index (κ2) is 16.7. The van der Waals surface area contributed by atoms with Crippen molar-refractivity contribution in [2.75, 3.05) is 79.0 Å². The second-order valence-electron chi connectivity index (χ2n) is 8.15. The van der Waals surface area contributed by atoms with Crippen LogP contribution in [0, 0.1) is 0 Å². The third-order valence-corrected chi connectivity index (χ3v) is 5.70. The molecule has 0 aromatic carbocycles. The molecule has 166 valence electrons. The number of aliphatic imine (C=N–C) groups is 1. The summed E-state index contributed by atoms with van der Waals surface area (Å²) in [4.78, 5) is 12.5. The van der Waals surface area contributed by atoms with Gasteiger partial charge in [-0.1, -0.05) is 12.8 Å². The average molecular weight is 509 g/mol. The Hall–Kier alpha value is -0.120. The second-order valence-corrected chi connectivity index (χ2v) is 8.15. The molecule has 6 nitrogen and oxygen atoms in total. The molecule has 28 heavy (non-hydrogen) atoms. The van der Waals surface area contributed by atoms with Crippen LogP contribution >= 0.6 is 24.0 Å². The Morgan fingerprint density at radius 3 is 2.21 bits per heavy atom. The lowest BCUT2D eigenvalue weighted by molar-refractivity contribution is 0.274. The van der Waals surface area contributed by atoms with E-state index in [1.807, 2.05) is 0 Å². The maximum atomic E-state index is 4.78. The van der Waals surface area contributed by atoms with Crippen molar-refractivity contribution < 1.29 is 0 Å². The van der Waals surface area contributed by atoms with Crippen LogP contribution in [0.4, 0.5) is 0 Å². The fourth-order valence-corrected chi connectivity index (χ4v) is 4.02. The Balaban J connectivity index is 0.00000392. The van der Waals surface area contributed by atoms with E-state index in [1.54, 1.807) is 0 Å². The zero-order valence-corrected chi connectivity index (χ0v) is 20.8. The van der Waals surface area contributed by atoms with Crippen LogP contribution in [-0.2, 0) is 0 Å². The van der Waals surface area contributed by atoms with E-state index in [0.29, 0.717) is 0 Å². The number of nitrogens with zero attached hydrogens (tertiary/aromatic N) is 4. The lowest BCUT2D eigenvalue weighted by atomic mass is 10.2. The SMILES string of the molecule is CCNC(=NCCCN1CCCCCC1)NCCCN1CCCN(C)CC1.I. The number of likely N-dealkylation sites (N-methyl/N-ethyl adjacent to an activating group) is 1. The first-order valence-corrected chi connectivity index (χ1v) is 11.4. The van der Waals surface area contributed by atoms with Crippen molar-refractivity contribution in [3.63, 3.8) is 0 Å². The first-order valence-electron chi connectivity index (χ1n) is 11.4. The van der Waals surface area contributed by atoms with Gasteiger partial charge in [-0.25, -0.2) is 0 Å². The summed E-state index contributed by atoms with van der Waals surface area (Å²) in [6.45, 7) is 14.9. The van der Waals surface area contributed by atoms with Crippen LogP contribution in [-0.4, -0.2) is 99.7 Å². The van der Waals surface area contributed by atoms with Crippen LogP contribution in [0.15, 0.2) is 4.99 Å². The molecule has 2 rings (SSSR count). The van der Waals surface area contributed by atoms with E-state index in [2.05, 4.69) is 39.3 Å². The Morgan fingerprint density at radius 2 is 1.46 bits per heavy atom. The van der Waals surface area contributed by atoms with Crippen molar-refractivity contribution in [1.82, 2.24) is 25.3 Å². The van der Waals surface area contributed by atoms with Crippen molar-refractivity contribution in [1.29, 1.82) is 0 Å². The van der Waals surface area contributed by atoms with Crippen molar-refractivity contribution in [3.05, 3.63) is 0 Å². The molecule has 7 heteroatoms. The van der Waals surface area contributed by atoms with Gasteiger partial charge in [0.25, 0.3) is 0 Å². The molecule has 2 saturated heterocycles. The topological polar surface area (TPSA) is 46.1 Å². The minimum atomic E-state index is 0. The van der Waals surface area contributed by atoms with Gasteiger partial charge < -0.3 is 25.3 Å². The summed E-state index contributed by atoms with van der Waals surface area (Å²) in [5, 5.41) is 6.91. The monoisotopic (exact) mass is 508 g/mol. The summed E-state index contributed by atoms with van der Waals surface area (Å²) in [7, 11) is 2.23. The van der Waals surface area contributed by atoms with Crippen molar-refractivity contribution in [2.24, 2.45) is 4.99 Å². The summed E-state index contributed by atoms with van der Waals surface area (Å²) < 4.78 is 0. The van der Waals surface area contributed by atoms with E-state index in [0.717, 1.165) is 32.0 Å². The van der Waals surface area contributed by atoms with E-state index in [-0.39, 0.29) is 24.0 Å². The summed E-state index contributed by atoms with van der Waals surface area (Å²) in [5.74, 6) is 0.990. The molecular formula is C21H45IN6. The number of guanidine groups is 1. The zero-order chi connectivity index (χ0) is 19.2. The molecule has 2 N–H and O–H groups in total. The highest BCUT2D eigenvalue weighted by atomic mass is 127. The number of halogens is 1. The molecule has 2 fully saturated rings. The van der Waals surface area contributed by atoms with Crippen molar-refractivity contribution in [3.8, 4) is 0 Å². The number of likely N-dealkylation sites (tertiary alicyclic amines) is 1. The van der Waals surface area contributed by atoms with Gasteiger partial charge in [-0.05, 0) is 85.3 Å². The highest BCUT2D eigenvalue weighted by Gasteiger charge is 2.11. The molecule has 0 aromatic rings. The van der Waals surface area contributed by atoms with Crippen LogP contribution in [0.5, 0.6) is 0 Å². The Kier molecular flexibility index (Phi) is 15.4. The molecule has 0 saturated carbocycles. The Labute approximate surface area is 190 Å². The minimum Gasteiger partial charge on any atom is -0.357 e.